The number of aryl methyl sites for hydroxylation is 2. The van der Waals surface area contributed by atoms with Crippen LogP contribution in [0.1, 0.15) is 47.4 Å². The number of hydrogen-bond donors (Lipinski definition) is 1. The van der Waals surface area contributed by atoms with E-state index in [1.807, 2.05) is 30.3 Å². The second kappa shape index (κ2) is 11.6. The van der Waals surface area contributed by atoms with Gasteiger partial charge >= 0.3 is 0 Å². The van der Waals surface area contributed by atoms with Crippen molar-refractivity contribution < 1.29 is 14.3 Å². The molecule has 0 aliphatic heterocycles. The van der Waals surface area contributed by atoms with Crippen LogP contribution in [0.3, 0.4) is 0 Å². The molecule has 4 aromatic rings. The van der Waals surface area contributed by atoms with Gasteiger partial charge in [0.1, 0.15) is 10.9 Å². The second-order valence-corrected chi connectivity index (χ2v) is 10.3. The summed E-state index contributed by atoms with van der Waals surface area (Å²) in [4.78, 5) is 32.5. The van der Waals surface area contributed by atoms with Gasteiger partial charge in [0.05, 0.1) is 31.6 Å². The first-order valence-electron chi connectivity index (χ1n) is 12.7. The lowest BCUT2D eigenvalue weighted by Crippen LogP contribution is -2.34. The van der Waals surface area contributed by atoms with Crippen LogP contribution in [0.5, 0.6) is 11.5 Å². The van der Waals surface area contributed by atoms with Crippen molar-refractivity contribution in [3.63, 3.8) is 0 Å². The number of hydrazone groups is 1. The fourth-order valence-electron chi connectivity index (χ4n) is 4.63. The summed E-state index contributed by atoms with van der Waals surface area (Å²) >= 11 is 1.59. The summed E-state index contributed by atoms with van der Waals surface area (Å²) in [6, 6.07) is 14.8. The third-order valence-corrected chi connectivity index (χ3v) is 7.96. The molecule has 9 heteroatoms. The van der Waals surface area contributed by atoms with E-state index >= 15 is 0 Å². The molecule has 1 amide bonds. The van der Waals surface area contributed by atoms with Crippen LogP contribution in [-0.2, 0) is 24.1 Å². The fourth-order valence-corrected chi connectivity index (χ4v) is 5.85. The standard InChI is InChI=1S/C29H30N4O4S/c1-19(33-18-30-28-26(29(33)35)22-10-6-7-11-25(22)38-28)27(34)32-31-17-21-12-13-23(24(16-21)36-2)37-15-14-20-8-4-3-5-9-20/h3-5,8-9,12-13,16-19H,6-7,10-11,14-15H2,1-2H3,(H,32,34)/b31-17+. The molecule has 8 nitrogen and oxygen atoms in total. The lowest BCUT2D eigenvalue weighted by atomic mass is 9.97. The molecule has 1 aliphatic carbocycles. The Morgan fingerprint density at radius 3 is 2.82 bits per heavy atom. The van der Waals surface area contributed by atoms with Crippen molar-refractivity contribution in [2.24, 2.45) is 5.10 Å². The number of rotatable bonds is 9. The number of hydrogen-bond acceptors (Lipinski definition) is 7. The molecule has 1 atom stereocenters. The van der Waals surface area contributed by atoms with E-state index in [0.29, 0.717) is 23.5 Å². The summed E-state index contributed by atoms with van der Waals surface area (Å²) in [6.07, 6.45) is 7.87. The minimum atomic E-state index is -0.759. The van der Waals surface area contributed by atoms with Gasteiger partial charge in [-0.1, -0.05) is 30.3 Å². The van der Waals surface area contributed by atoms with Crippen LogP contribution < -0.4 is 20.5 Å². The summed E-state index contributed by atoms with van der Waals surface area (Å²) in [7, 11) is 1.58. The first kappa shape index (κ1) is 25.7. The lowest BCUT2D eigenvalue weighted by molar-refractivity contribution is -0.123. The normalized spacial score (nSPS) is 13.8. The maximum Gasteiger partial charge on any atom is 0.263 e. The Balaban J connectivity index is 1.22. The number of fused-ring (bicyclic) bond motifs is 3. The lowest BCUT2D eigenvalue weighted by Gasteiger charge is -2.14. The average Bonchev–Trinajstić information content (AvgIpc) is 3.33. The Bertz CT molecular complexity index is 1530. The molecule has 2 heterocycles. The number of nitrogens with zero attached hydrogens (tertiary/aromatic N) is 3. The monoisotopic (exact) mass is 530 g/mol. The van der Waals surface area contributed by atoms with Gasteiger partial charge in [-0.15, -0.1) is 11.3 Å². The predicted molar refractivity (Wildman–Crippen MR) is 150 cm³/mol. The van der Waals surface area contributed by atoms with Gasteiger partial charge in [-0.05, 0) is 67.5 Å². The van der Waals surface area contributed by atoms with Crippen molar-refractivity contribution in [2.45, 2.75) is 45.1 Å². The van der Waals surface area contributed by atoms with E-state index in [4.69, 9.17) is 9.47 Å². The highest BCUT2D eigenvalue weighted by molar-refractivity contribution is 7.18. The summed E-state index contributed by atoms with van der Waals surface area (Å²) in [5.41, 5.74) is 5.41. The van der Waals surface area contributed by atoms with Crippen LogP contribution in [0.4, 0.5) is 0 Å². The van der Waals surface area contributed by atoms with Crippen molar-refractivity contribution in [3.05, 3.63) is 86.8 Å². The van der Waals surface area contributed by atoms with Gasteiger partial charge < -0.3 is 9.47 Å². The smallest absolute Gasteiger partial charge is 0.263 e. The summed E-state index contributed by atoms with van der Waals surface area (Å²) < 4.78 is 12.8. The highest BCUT2D eigenvalue weighted by atomic mass is 32.1. The molecule has 0 saturated carbocycles. The zero-order valence-corrected chi connectivity index (χ0v) is 22.3. The Kier molecular flexibility index (Phi) is 7.83. The van der Waals surface area contributed by atoms with Gasteiger partial charge in [-0.3, -0.25) is 14.2 Å². The molecule has 0 spiro atoms. The minimum Gasteiger partial charge on any atom is -0.493 e. The van der Waals surface area contributed by atoms with Gasteiger partial charge in [0, 0.05) is 11.3 Å². The molecule has 196 valence electrons. The van der Waals surface area contributed by atoms with Gasteiger partial charge in [-0.2, -0.15) is 5.10 Å². The van der Waals surface area contributed by atoms with E-state index in [0.717, 1.165) is 48.1 Å². The van der Waals surface area contributed by atoms with Crippen LogP contribution in [0, 0.1) is 0 Å². The Morgan fingerprint density at radius 1 is 1.18 bits per heavy atom. The number of ether oxygens (including phenoxy) is 2. The van der Waals surface area contributed by atoms with Gasteiger partial charge in [0.2, 0.25) is 0 Å². The van der Waals surface area contributed by atoms with Gasteiger partial charge in [-0.25, -0.2) is 10.4 Å². The first-order valence-corrected chi connectivity index (χ1v) is 13.6. The van der Waals surface area contributed by atoms with Crippen molar-refractivity contribution in [3.8, 4) is 11.5 Å². The zero-order valence-electron chi connectivity index (χ0n) is 21.5. The molecule has 0 bridgehead atoms. The van der Waals surface area contributed by atoms with Crippen LogP contribution in [0.25, 0.3) is 10.2 Å². The SMILES string of the molecule is COc1cc(/C=N/NC(=O)C(C)n2cnc3sc4c(c3c2=O)CCCC4)ccc1OCCc1ccccc1. The number of amides is 1. The Hall–Kier alpha value is -3.98. The molecule has 0 saturated heterocycles. The number of carbonyl (C=O) groups excluding carboxylic acids is 1. The van der Waals surface area contributed by atoms with Gasteiger partial charge in [0.15, 0.2) is 11.5 Å². The number of thiophene rings is 1. The molecule has 1 N–H and O–H groups in total. The van der Waals surface area contributed by atoms with Crippen LogP contribution in [-0.4, -0.2) is 35.4 Å². The topological polar surface area (TPSA) is 94.8 Å². The first-order chi connectivity index (χ1) is 18.5. The average molecular weight is 531 g/mol. The molecule has 38 heavy (non-hydrogen) atoms. The molecular formula is C29H30N4O4S. The largest absolute Gasteiger partial charge is 0.493 e. The molecule has 1 unspecified atom stereocenters. The second-order valence-electron chi connectivity index (χ2n) is 9.25. The number of carbonyl (C=O) groups is 1. The Labute approximate surface area is 224 Å². The van der Waals surface area contributed by atoms with Crippen LogP contribution in [0.15, 0.2) is 64.8 Å². The quantitative estimate of drug-likeness (QED) is 0.251. The Morgan fingerprint density at radius 2 is 2.00 bits per heavy atom. The molecule has 2 aromatic heterocycles. The predicted octanol–water partition coefficient (Wildman–Crippen LogP) is 4.68. The van der Waals surface area contributed by atoms with E-state index in [9.17, 15) is 9.59 Å². The maximum atomic E-state index is 13.2. The van der Waals surface area contributed by atoms with E-state index in [-0.39, 0.29) is 5.56 Å². The van der Waals surface area contributed by atoms with E-state index in [1.54, 1.807) is 31.4 Å². The number of methoxy groups -OCH3 is 1. The highest BCUT2D eigenvalue weighted by Gasteiger charge is 2.23. The molecule has 1 aliphatic rings. The van der Waals surface area contributed by atoms with E-state index < -0.39 is 11.9 Å². The molecular weight excluding hydrogens is 500 g/mol. The van der Waals surface area contributed by atoms with E-state index in [2.05, 4.69) is 27.6 Å². The fraction of sp³-hybridized carbons (Fsp3) is 0.310. The number of benzene rings is 2. The van der Waals surface area contributed by atoms with Crippen molar-refractivity contribution in [1.82, 2.24) is 15.0 Å². The summed E-state index contributed by atoms with van der Waals surface area (Å²) in [5.74, 6) is 0.810. The third kappa shape index (κ3) is 5.47. The zero-order chi connectivity index (χ0) is 26.5. The van der Waals surface area contributed by atoms with Crippen LogP contribution in [0.2, 0.25) is 0 Å². The third-order valence-electron chi connectivity index (χ3n) is 6.76. The van der Waals surface area contributed by atoms with E-state index in [1.165, 1.54) is 27.5 Å². The molecule has 2 aromatic carbocycles. The van der Waals surface area contributed by atoms with Crippen molar-refractivity contribution in [1.29, 1.82) is 0 Å². The number of aromatic nitrogens is 2. The summed E-state index contributed by atoms with van der Waals surface area (Å²) in [5, 5.41) is 4.75. The van der Waals surface area contributed by atoms with Crippen molar-refractivity contribution >= 4 is 33.7 Å². The molecule has 5 rings (SSSR count). The number of nitrogens with one attached hydrogen (secondary N) is 1. The van der Waals surface area contributed by atoms with Crippen LogP contribution >= 0.6 is 11.3 Å². The summed E-state index contributed by atoms with van der Waals surface area (Å²) in [6.45, 7) is 2.19. The van der Waals surface area contributed by atoms with Gasteiger partial charge in [0.25, 0.3) is 11.5 Å². The highest BCUT2D eigenvalue weighted by Crippen LogP contribution is 2.33. The maximum absolute atomic E-state index is 13.2. The molecule has 0 radical (unpaired) electrons. The molecule has 0 fully saturated rings. The van der Waals surface area contributed by atoms with Crippen molar-refractivity contribution in [2.75, 3.05) is 13.7 Å². The minimum absolute atomic E-state index is 0.173.